The minimum Gasteiger partial charge on any atom is -0.497 e. The molecule has 3 unspecified atom stereocenters. The molecule has 134 valence electrons. The van der Waals surface area contributed by atoms with Crippen LogP contribution in [0.1, 0.15) is 26.7 Å². The van der Waals surface area contributed by atoms with E-state index in [0.29, 0.717) is 12.4 Å². The van der Waals surface area contributed by atoms with E-state index in [1.54, 1.807) is 0 Å². The maximum Gasteiger partial charge on any atom is 0.245 e. The van der Waals surface area contributed by atoms with Crippen molar-refractivity contribution in [3.05, 3.63) is 24.0 Å². The minimum absolute atomic E-state index is 0. The van der Waals surface area contributed by atoms with Crippen LogP contribution in [0.4, 0.5) is 10.1 Å². The molecule has 5 nitrogen and oxygen atoms in total. The number of carbonyl (C=O) groups is 1. The molecule has 3 atom stereocenters. The Morgan fingerprint density at radius 3 is 2.83 bits per heavy atom. The van der Waals surface area contributed by atoms with E-state index in [4.69, 9.17) is 15.2 Å². The van der Waals surface area contributed by atoms with Crippen molar-refractivity contribution in [3.63, 3.8) is 0 Å². The molecule has 24 heavy (non-hydrogen) atoms. The lowest BCUT2D eigenvalue weighted by Crippen LogP contribution is -2.81. The third-order valence-electron chi connectivity index (χ3n) is 5.48. The van der Waals surface area contributed by atoms with E-state index in [2.05, 4.69) is 5.32 Å². The number of fused-ring (bicyclic) bond motifs is 1. The summed E-state index contributed by atoms with van der Waals surface area (Å²) in [6.07, 6.45) is 1.71. The minimum atomic E-state index is -1.08. The number of anilines is 1. The lowest BCUT2D eigenvalue weighted by molar-refractivity contribution is -0.222. The zero-order chi connectivity index (χ0) is 16.8. The lowest BCUT2D eigenvalue weighted by Gasteiger charge is -2.65. The Morgan fingerprint density at radius 2 is 2.17 bits per heavy atom. The van der Waals surface area contributed by atoms with Crippen molar-refractivity contribution in [3.8, 4) is 5.75 Å². The zero-order valence-corrected chi connectivity index (χ0v) is 14.9. The Labute approximate surface area is 147 Å². The summed E-state index contributed by atoms with van der Waals surface area (Å²) in [5, 5.41) is 2.64. The van der Waals surface area contributed by atoms with Gasteiger partial charge >= 0.3 is 0 Å². The van der Waals surface area contributed by atoms with Crippen LogP contribution in [0, 0.1) is 17.2 Å². The lowest BCUT2D eigenvalue weighted by atomic mass is 9.46. The predicted octanol–water partition coefficient (Wildman–Crippen LogP) is 2.73. The van der Waals surface area contributed by atoms with Crippen LogP contribution in [0.5, 0.6) is 5.75 Å². The molecule has 1 amide bonds. The summed E-state index contributed by atoms with van der Waals surface area (Å²) >= 11 is 0. The van der Waals surface area contributed by atoms with E-state index in [-0.39, 0.29) is 36.0 Å². The number of nitrogens with one attached hydrogen (secondary N) is 1. The monoisotopic (exact) mass is 358 g/mol. The third-order valence-corrected chi connectivity index (χ3v) is 5.48. The molecule has 1 saturated carbocycles. The summed E-state index contributed by atoms with van der Waals surface area (Å²) in [6, 6.07) is 4.22. The van der Waals surface area contributed by atoms with E-state index in [1.807, 2.05) is 13.8 Å². The first-order valence-electron chi connectivity index (χ1n) is 7.88. The summed E-state index contributed by atoms with van der Waals surface area (Å²) in [4.78, 5) is 12.8. The first-order chi connectivity index (χ1) is 10.8. The van der Waals surface area contributed by atoms with Crippen LogP contribution in [-0.2, 0) is 9.53 Å². The van der Waals surface area contributed by atoms with Gasteiger partial charge in [-0.3, -0.25) is 4.79 Å². The molecular weight excluding hydrogens is 335 g/mol. The number of halogens is 2. The van der Waals surface area contributed by atoms with E-state index >= 15 is 0 Å². The summed E-state index contributed by atoms with van der Waals surface area (Å²) in [5.41, 5.74) is 5.00. The molecule has 1 saturated heterocycles. The first kappa shape index (κ1) is 19.0. The fourth-order valence-corrected chi connectivity index (χ4v) is 3.99. The second-order valence-electron chi connectivity index (χ2n) is 6.93. The van der Waals surface area contributed by atoms with Crippen LogP contribution in [0.15, 0.2) is 18.2 Å². The Bertz CT molecular complexity index is 640. The number of benzene rings is 1. The maximum atomic E-state index is 14.0. The zero-order valence-electron chi connectivity index (χ0n) is 14.1. The van der Waals surface area contributed by atoms with Gasteiger partial charge in [0.05, 0.1) is 18.9 Å². The van der Waals surface area contributed by atoms with Crippen LogP contribution >= 0.6 is 12.4 Å². The fraction of sp³-hybridized carbons (Fsp3) is 0.588. The topological polar surface area (TPSA) is 73.6 Å². The van der Waals surface area contributed by atoms with Gasteiger partial charge < -0.3 is 20.5 Å². The Hall–Kier alpha value is -1.37. The Morgan fingerprint density at radius 1 is 1.46 bits per heavy atom. The van der Waals surface area contributed by atoms with Gasteiger partial charge in [-0.15, -0.1) is 12.4 Å². The number of nitrogens with two attached hydrogens (primary N) is 1. The quantitative estimate of drug-likeness (QED) is 0.871. The average molecular weight is 359 g/mol. The van der Waals surface area contributed by atoms with Crippen molar-refractivity contribution in [2.75, 3.05) is 19.0 Å². The summed E-state index contributed by atoms with van der Waals surface area (Å²) in [5.74, 6) is -0.461. The Balaban J connectivity index is 0.00000208. The SMILES string of the molecule is COc1ccc(F)c(NC(=O)C2(N)C3CCCOC3C2(C)C)c1.Cl. The molecule has 2 aliphatic rings. The molecule has 2 fully saturated rings. The third kappa shape index (κ3) is 2.57. The average Bonchev–Trinajstić information content (AvgIpc) is 2.55. The number of amides is 1. The van der Waals surface area contributed by atoms with Gasteiger partial charge in [0.1, 0.15) is 17.1 Å². The van der Waals surface area contributed by atoms with Crippen molar-refractivity contribution >= 4 is 24.0 Å². The molecule has 0 radical (unpaired) electrons. The second-order valence-corrected chi connectivity index (χ2v) is 6.93. The molecule has 1 aromatic carbocycles. The Kier molecular flexibility index (Phi) is 5.14. The molecule has 1 aromatic rings. The van der Waals surface area contributed by atoms with Crippen molar-refractivity contribution in [2.24, 2.45) is 17.1 Å². The van der Waals surface area contributed by atoms with Crippen LogP contribution < -0.4 is 15.8 Å². The highest BCUT2D eigenvalue weighted by Gasteiger charge is 2.70. The number of carbonyl (C=O) groups excluding carboxylic acids is 1. The van der Waals surface area contributed by atoms with Gasteiger partial charge in [0.25, 0.3) is 0 Å². The largest absolute Gasteiger partial charge is 0.497 e. The summed E-state index contributed by atoms with van der Waals surface area (Å²) < 4.78 is 24.8. The fourth-order valence-electron chi connectivity index (χ4n) is 3.99. The highest BCUT2D eigenvalue weighted by molar-refractivity contribution is 6.00. The van der Waals surface area contributed by atoms with Crippen molar-refractivity contribution < 1.29 is 18.7 Å². The van der Waals surface area contributed by atoms with Gasteiger partial charge in [0, 0.05) is 24.0 Å². The summed E-state index contributed by atoms with van der Waals surface area (Å²) in [7, 11) is 1.49. The molecule has 0 bridgehead atoms. The first-order valence-corrected chi connectivity index (χ1v) is 7.88. The molecule has 7 heteroatoms. The van der Waals surface area contributed by atoms with Crippen LogP contribution in [-0.4, -0.2) is 31.3 Å². The molecule has 3 N–H and O–H groups in total. The highest BCUT2D eigenvalue weighted by atomic mass is 35.5. The van der Waals surface area contributed by atoms with E-state index in [9.17, 15) is 9.18 Å². The smallest absolute Gasteiger partial charge is 0.245 e. The van der Waals surface area contributed by atoms with Gasteiger partial charge in [-0.05, 0) is 25.0 Å². The van der Waals surface area contributed by atoms with Gasteiger partial charge in [0.2, 0.25) is 5.91 Å². The van der Waals surface area contributed by atoms with Gasteiger partial charge in [-0.1, -0.05) is 13.8 Å². The van der Waals surface area contributed by atoms with E-state index in [0.717, 1.165) is 12.8 Å². The normalized spacial score (nSPS) is 30.4. The highest BCUT2D eigenvalue weighted by Crippen LogP contribution is 2.57. The van der Waals surface area contributed by atoms with Crippen LogP contribution in [0.2, 0.25) is 0 Å². The van der Waals surface area contributed by atoms with Crippen molar-refractivity contribution in [1.82, 2.24) is 0 Å². The predicted molar refractivity (Wildman–Crippen MR) is 92.0 cm³/mol. The number of methoxy groups -OCH3 is 1. The number of ether oxygens (including phenoxy) is 2. The van der Waals surface area contributed by atoms with Crippen molar-refractivity contribution in [1.29, 1.82) is 0 Å². The molecule has 3 rings (SSSR count). The standard InChI is InChI=1S/C17H23FN2O3.ClH/c1-16(2)14-11(5-4-8-23-14)17(16,19)15(21)20-13-9-10(22-3)6-7-12(13)18;/h6-7,9,11,14H,4-5,8,19H2,1-3H3,(H,20,21);1H. The summed E-state index contributed by atoms with van der Waals surface area (Å²) in [6.45, 7) is 4.56. The van der Waals surface area contributed by atoms with Crippen LogP contribution in [0.3, 0.4) is 0 Å². The second kappa shape index (κ2) is 6.50. The molecule has 1 aliphatic heterocycles. The number of hydrogen-bond acceptors (Lipinski definition) is 4. The van der Waals surface area contributed by atoms with E-state index < -0.39 is 16.8 Å². The maximum absolute atomic E-state index is 14.0. The van der Waals surface area contributed by atoms with Crippen LogP contribution in [0.25, 0.3) is 0 Å². The van der Waals surface area contributed by atoms with Gasteiger partial charge in [0.15, 0.2) is 0 Å². The molecule has 0 spiro atoms. The number of hydrogen-bond donors (Lipinski definition) is 2. The molecular formula is C17H24ClFN2O3. The number of rotatable bonds is 3. The van der Waals surface area contributed by atoms with Gasteiger partial charge in [-0.2, -0.15) is 0 Å². The van der Waals surface area contributed by atoms with Crippen molar-refractivity contribution in [2.45, 2.75) is 38.3 Å². The van der Waals surface area contributed by atoms with Gasteiger partial charge in [-0.25, -0.2) is 4.39 Å². The molecule has 0 aromatic heterocycles. The molecule has 1 aliphatic carbocycles. The molecule has 1 heterocycles. The van der Waals surface area contributed by atoms with E-state index in [1.165, 1.54) is 25.3 Å².